The monoisotopic (exact) mass is 155 g/mol. The van der Waals surface area contributed by atoms with Crippen LogP contribution in [0.4, 0.5) is 0 Å². The van der Waals surface area contributed by atoms with Crippen molar-refractivity contribution in [2.24, 2.45) is 0 Å². The van der Waals surface area contributed by atoms with E-state index in [-0.39, 0.29) is 0 Å². The summed E-state index contributed by atoms with van der Waals surface area (Å²) in [6.07, 6.45) is 5.14. The van der Waals surface area contributed by atoms with Crippen molar-refractivity contribution >= 4 is 0 Å². The lowest BCUT2D eigenvalue weighted by molar-refractivity contribution is 0.681. The molecule has 0 saturated carbocycles. The molecule has 66 valence electrons. The first kappa shape index (κ1) is 10.7. The van der Waals surface area contributed by atoms with E-state index in [4.69, 9.17) is 0 Å². The van der Waals surface area contributed by atoms with E-state index in [2.05, 4.69) is 25.7 Å². The second-order valence-corrected chi connectivity index (χ2v) is 2.99. The van der Waals surface area contributed by atoms with Crippen molar-refractivity contribution in [3.63, 3.8) is 0 Å². The standard InChI is InChI=1S/C10H21N/c1-4-6-7-8-10(3)9-11-5-2/h11H,3-9H2,1-2H3. The third-order valence-electron chi connectivity index (χ3n) is 1.76. The number of nitrogens with one attached hydrogen (secondary N) is 1. The van der Waals surface area contributed by atoms with Crippen LogP contribution in [0.2, 0.25) is 0 Å². The van der Waals surface area contributed by atoms with Gasteiger partial charge >= 0.3 is 0 Å². The summed E-state index contributed by atoms with van der Waals surface area (Å²) >= 11 is 0. The molecule has 11 heavy (non-hydrogen) atoms. The molecule has 0 aliphatic rings. The highest BCUT2D eigenvalue weighted by atomic mass is 14.8. The van der Waals surface area contributed by atoms with Crippen LogP contribution in [0.1, 0.15) is 39.5 Å². The quantitative estimate of drug-likeness (QED) is 0.440. The summed E-state index contributed by atoms with van der Waals surface area (Å²) in [5, 5.41) is 3.28. The van der Waals surface area contributed by atoms with Crippen molar-refractivity contribution in [3.8, 4) is 0 Å². The van der Waals surface area contributed by atoms with E-state index in [1.165, 1.54) is 31.3 Å². The van der Waals surface area contributed by atoms with Crippen LogP contribution in [0.15, 0.2) is 12.2 Å². The molecule has 0 aromatic heterocycles. The minimum absolute atomic E-state index is 1.00. The molecule has 0 atom stereocenters. The maximum Gasteiger partial charge on any atom is 0.0161 e. The Bertz CT molecular complexity index is 97.0. The molecule has 0 unspecified atom stereocenters. The summed E-state index contributed by atoms with van der Waals surface area (Å²) in [4.78, 5) is 0. The van der Waals surface area contributed by atoms with E-state index in [0.717, 1.165) is 13.1 Å². The molecule has 1 heteroatoms. The maximum atomic E-state index is 4.00. The van der Waals surface area contributed by atoms with Crippen LogP contribution in [-0.4, -0.2) is 13.1 Å². The number of hydrogen-bond acceptors (Lipinski definition) is 1. The fourth-order valence-electron chi connectivity index (χ4n) is 1.02. The topological polar surface area (TPSA) is 12.0 Å². The average Bonchev–Trinajstić information content (AvgIpc) is 2.01. The van der Waals surface area contributed by atoms with Crippen molar-refractivity contribution in [2.75, 3.05) is 13.1 Å². The van der Waals surface area contributed by atoms with Gasteiger partial charge in [0.25, 0.3) is 0 Å². The van der Waals surface area contributed by atoms with Crippen molar-refractivity contribution < 1.29 is 0 Å². The molecule has 0 rings (SSSR count). The van der Waals surface area contributed by atoms with Crippen LogP contribution in [0.5, 0.6) is 0 Å². The van der Waals surface area contributed by atoms with Gasteiger partial charge in [-0.1, -0.05) is 38.8 Å². The SMILES string of the molecule is C=C(CCCCC)CNCC. The number of rotatable bonds is 7. The van der Waals surface area contributed by atoms with E-state index in [9.17, 15) is 0 Å². The van der Waals surface area contributed by atoms with Gasteiger partial charge < -0.3 is 5.32 Å². The fraction of sp³-hybridized carbons (Fsp3) is 0.800. The summed E-state index contributed by atoms with van der Waals surface area (Å²) in [5.41, 5.74) is 1.35. The summed E-state index contributed by atoms with van der Waals surface area (Å²) in [6.45, 7) is 10.4. The predicted octanol–water partition coefficient (Wildman–Crippen LogP) is 2.73. The molecule has 0 aliphatic heterocycles. The largest absolute Gasteiger partial charge is 0.313 e. The number of likely N-dealkylation sites (N-methyl/N-ethyl adjacent to an activating group) is 1. The molecule has 0 heterocycles. The van der Waals surface area contributed by atoms with Gasteiger partial charge in [-0.15, -0.1) is 0 Å². The summed E-state index contributed by atoms with van der Waals surface area (Å²) in [7, 11) is 0. The van der Waals surface area contributed by atoms with Gasteiger partial charge in [0.2, 0.25) is 0 Å². The molecule has 0 aromatic carbocycles. The van der Waals surface area contributed by atoms with Crippen molar-refractivity contribution in [1.82, 2.24) is 5.32 Å². The molecule has 0 bridgehead atoms. The molecule has 0 amide bonds. The molecule has 1 nitrogen and oxygen atoms in total. The minimum atomic E-state index is 1.00. The highest BCUT2D eigenvalue weighted by molar-refractivity contribution is 4.95. The lowest BCUT2D eigenvalue weighted by atomic mass is 10.1. The minimum Gasteiger partial charge on any atom is -0.313 e. The van der Waals surface area contributed by atoms with Crippen molar-refractivity contribution in [2.45, 2.75) is 39.5 Å². The maximum absolute atomic E-state index is 4.00. The molecule has 0 aliphatic carbocycles. The lowest BCUT2D eigenvalue weighted by Gasteiger charge is -2.04. The Hall–Kier alpha value is -0.300. The van der Waals surface area contributed by atoms with Crippen LogP contribution in [-0.2, 0) is 0 Å². The van der Waals surface area contributed by atoms with Crippen LogP contribution < -0.4 is 5.32 Å². The number of hydrogen-bond donors (Lipinski definition) is 1. The Morgan fingerprint density at radius 1 is 1.27 bits per heavy atom. The van der Waals surface area contributed by atoms with Gasteiger partial charge in [-0.3, -0.25) is 0 Å². The Kier molecular flexibility index (Phi) is 7.59. The van der Waals surface area contributed by atoms with Gasteiger partial charge in [0.05, 0.1) is 0 Å². The Morgan fingerprint density at radius 2 is 2.00 bits per heavy atom. The molecular weight excluding hydrogens is 134 g/mol. The molecule has 0 spiro atoms. The predicted molar refractivity (Wildman–Crippen MR) is 51.8 cm³/mol. The Labute approximate surface area is 70.9 Å². The van der Waals surface area contributed by atoms with Crippen molar-refractivity contribution in [1.29, 1.82) is 0 Å². The summed E-state index contributed by atoms with van der Waals surface area (Å²) in [6, 6.07) is 0. The lowest BCUT2D eigenvalue weighted by Crippen LogP contribution is -2.15. The van der Waals surface area contributed by atoms with E-state index in [1.807, 2.05) is 0 Å². The Balaban J connectivity index is 3.09. The molecule has 1 N–H and O–H groups in total. The second kappa shape index (κ2) is 7.80. The first-order chi connectivity index (χ1) is 5.31. The first-order valence-electron chi connectivity index (χ1n) is 4.68. The van der Waals surface area contributed by atoms with Crippen molar-refractivity contribution in [3.05, 3.63) is 12.2 Å². The molecular formula is C10H21N. The van der Waals surface area contributed by atoms with E-state index < -0.39 is 0 Å². The van der Waals surface area contributed by atoms with Crippen LogP contribution in [0.25, 0.3) is 0 Å². The van der Waals surface area contributed by atoms with Gasteiger partial charge in [-0.05, 0) is 19.4 Å². The second-order valence-electron chi connectivity index (χ2n) is 2.99. The first-order valence-corrected chi connectivity index (χ1v) is 4.68. The van der Waals surface area contributed by atoms with Gasteiger partial charge in [-0.25, -0.2) is 0 Å². The Morgan fingerprint density at radius 3 is 2.55 bits per heavy atom. The zero-order valence-corrected chi connectivity index (χ0v) is 7.95. The van der Waals surface area contributed by atoms with Gasteiger partial charge in [0.15, 0.2) is 0 Å². The average molecular weight is 155 g/mol. The van der Waals surface area contributed by atoms with Crippen LogP contribution in [0, 0.1) is 0 Å². The van der Waals surface area contributed by atoms with E-state index in [0.29, 0.717) is 0 Å². The van der Waals surface area contributed by atoms with Gasteiger partial charge in [0.1, 0.15) is 0 Å². The van der Waals surface area contributed by atoms with E-state index >= 15 is 0 Å². The molecule has 0 fully saturated rings. The molecule has 0 radical (unpaired) electrons. The van der Waals surface area contributed by atoms with Crippen LogP contribution in [0.3, 0.4) is 0 Å². The zero-order valence-electron chi connectivity index (χ0n) is 7.95. The third kappa shape index (κ3) is 7.60. The smallest absolute Gasteiger partial charge is 0.0161 e. The third-order valence-corrected chi connectivity index (χ3v) is 1.76. The van der Waals surface area contributed by atoms with Crippen LogP contribution >= 0.6 is 0 Å². The highest BCUT2D eigenvalue weighted by Crippen LogP contribution is 2.05. The summed E-state index contributed by atoms with van der Waals surface area (Å²) in [5.74, 6) is 0. The van der Waals surface area contributed by atoms with Gasteiger partial charge in [-0.2, -0.15) is 0 Å². The van der Waals surface area contributed by atoms with E-state index in [1.54, 1.807) is 0 Å². The highest BCUT2D eigenvalue weighted by Gasteiger charge is 1.92. The zero-order chi connectivity index (χ0) is 8.53. The molecule has 0 saturated heterocycles. The fourth-order valence-corrected chi connectivity index (χ4v) is 1.02. The summed E-state index contributed by atoms with van der Waals surface area (Å²) < 4.78 is 0. The normalized spacial score (nSPS) is 10.0. The number of unbranched alkanes of at least 4 members (excludes halogenated alkanes) is 2. The molecule has 0 aromatic rings. The van der Waals surface area contributed by atoms with Gasteiger partial charge in [0, 0.05) is 6.54 Å².